The molecule has 0 aromatic heterocycles. The van der Waals surface area contributed by atoms with Gasteiger partial charge in [0.1, 0.15) is 12.4 Å². The minimum atomic E-state index is -0.322. The van der Waals surface area contributed by atoms with Crippen molar-refractivity contribution in [2.24, 2.45) is 10.9 Å². The van der Waals surface area contributed by atoms with Crippen LogP contribution in [0, 0.1) is 0 Å². The number of carbonyl (C=O) groups is 1. The summed E-state index contributed by atoms with van der Waals surface area (Å²) in [5.41, 5.74) is 5.80. The first kappa shape index (κ1) is 13.6. The normalized spacial score (nSPS) is 10.8. The Labute approximate surface area is 105 Å². The monoisotopic (exact) mass is 252 g/mol. The summed E-state index contributed by atoms with van der Waals surface area (Å²) in [5, 5.41) is 16.4. The van der Waals surface area contributed by atoms with Gasteiger partial charge in [0.05, 0.1) is 5.69 Å². The second kappa shape index (κ2) is 7.00. The quantitative estimate of drug-likeness (QED) is 0.271. The molecule has 1 aromatic carbocycles. The number of nitrogens with one attached hydrogen (secondary N) is 2. The molecule has 1 aromatic rings. The first-order chi connectivity index (χ1) is 8.67. The molecule has 7 nitrogen and oxygen atoms in total. The molecule has 0 aliphatic rings. The molecule has 1 rings (SSSR count). The maximum Gasteiger partial charge on any atom is 0.319 e. The van der Waals surface area contributed by atoms with E-state index in [1.54, 1.807) is 24.3 Å². The van der Waals surface area contributed by atoms with Crippen LogP contribution in [0.25, 0.3) is 0 Å². The summed E-state index contributed by atoms with van der Waals surface area (Å²) < 4.78 is 5.31. The molecule has 0 saturated carbocycles. The second-order valence-corrected chi connectivity index (χ2v) is 3.36. The highest BCUT2D eigenvalue weighted by Gasteiger charge is 2.06. The molecule has 0 unspecified atom stereocenters. The minimum Gasteiger partial charge on any atom is -0.483 e. The lowest BCUT2D eigenvalue weighted by Gasteiger charge is -2.12. The van der Waals surface area contributed by atoms with E-state index in [1.807, 2.05) is 6.92 Å². The predicted octanol–water partition coefficient (Wildman–Crippen LogP) is 0.953. The Balaban J connectivity index is 2.70. The lowest BCUT2D eigenvalue weighted by Crippen LogP contribution is -2.28. The molecule has 2 amide bonds. The van der Waals surface area contributed by atoms with Gasteiger partial charge in [-0.3, -0.25) is 0 Å². The number of hydrogen-bond donors (Lipinski definition) is 4. The van der Waals surface area contributed by atoms with Gasteiger partial charge in [0, 0.05) is 6.54 Å². The van der Waals surface area contributed by atoms with Crippen LogP contribution in [-0.4, -0.2) is 30.2 Å². The summed E-state index contributed by atoms with van der Waals surface area (Å²) in [6.07, 6.45) is 0. The summed E-state index contributed by atoms with van der Waals surface area (Å²) in [4.78, 5) is 11.4. The second-order valence-electron chi connectivity index (χ2n) is 3.36. The minimum absolute atomic E-state index is 0.0530. The zero-order chi connectivity index (χ0) is 13.4. The van der Waals surface area contributed by atoms with Crippen molar-refractivity contribution in [2.75, 3.05) is 18.5 Å². The van der Waals surface area contributed by atoms with Crippen molar-refractivity contribution >= 4 is 17.6 Å². The van der Waals surface area contributed by atoms with E-state index in [0.717, 1.165) is 0 Å². The number of anilines is 1. The summed E-state index contributed by atoms with van der Waals surface area (Å²) in [6.45, 7) is 2.28. The van der Waals surface area contributed by atoms with Crippen LogP contribution in [0.15, 0.2) is 29.4 Å². The molecule has 18 heavy (non-hydrogen) atoms. The van der Waals surface area contributed by atoms with Crippen LogP contribution >= 0.6 is 0 Å². The molecule has 0 spiro atoms. The zero-order valence-corrected chi connectivity index (χ0v) is 10.0. The smallest absolute Gasteiger partial charge is 0.319 e. The SMILES string of the molecule is CCNC(=O)Nc1ccccc1OC/C(N)=N/O. The number of oxime groups is 1. The highest BCUT2D eigenvalue weighted by atomic mass is 16.5. The average molecular weight is 252 g/mol. The number of rotatable bonds is 5. The van der Waals surface area contributed by atoms with Gasteiger partial charge in [0.15, 0.2) is 5.84 Å². The number of nitrogens with two attached hydrogens (primary N) is 1. The molecule has 0 atom stereocenters. The Morgan fingerprint density at radius 3 is 2.89 bits per heavy atom. The van der Waals surface area contributed by atoms with Crippen LogP contribution in [0.1, 0.15) is 6.92 Å². The van der Waals surface area contributed by atoms with Gasteiger partial charge in [-0.2, -0.15) is 0 Å². The Kier molecular flexibility index (Phi) is 5.30. The van der Waals surface area contributed by atoms with Crippen molar-refractivity contribution in [2.45, 2.75) is 6.92 Å². The van der Waals surface area contributed by atoms with Gasteiger partial charge in [-0.05, 0) is 19.1 Å². The maximum atomic E-state index is 11.4. The molecule has 0 fully saturated rings. The van der Waals surface area contributed by atoms with E-state index in [4.69, 9.17) is 15.7 Å². The Morgan fingerprint density at radius 2 is 2.22 bits per heavy atom. The molecule has 5 N–H and O–H groups in total. The van der Waals surface area contributed by atoms with Crippen LogP contribution < -0.4 is 21.1 Å². The Hall–Kier alpha value is -2.44. The number of ether oxygens (including phenoxy) is 1. The molecule has 0 aliphatic heterocycles. The van der Waals surface area contributed by atoms with Crippen molar-refractivity contribution in [3.8, 4) is 5.75 Å². The maximum absolute atomic E-state index is 11.4. The molecule has 0 bridgehead atoms. The van der Waals surface area contributed by atoms with Crippen molar-refractivity contribution in [3.63, 3.8) is 0 Å². The van der Waals surface area contributed by atoms with E-state index in [1.165, 1.54) is 0 Å². The Bertz CT molecular complexity index is 434. The largest absolute Gasteiger partial charge is 0.483 e. The third-order valence-electron chi connectivity index (χ3n) is 1.98. The van der Waals surface area contributed by atoms with Crippen LogP contribution in [0.4, 0.5) is 10.5 Å². The van der Waals surface area contributed by atoms with Gasteiger partial charge in [0.25, 0.3) is 0 Å². The molecule has 0 heterocycles. The van der Waals surface area contributed by atoms with E-state index in [0.29, 0.717) is 18.0 Å². The number of carbonyl (C=O) groups excluding carboxylic acids is 1. The molecule has 0 saturated heterocycles. The van der Waals surface area contributed by atoms with Gasteiger partial charge in [-0.1, -0.05) is 17.3 Å². The fourth-order valence-corrected chi connectivity index (χ4v) is 1.20. The van der Waals surface area contributed by atoms with Crippen LogP contribution in [0.3, 0.4) is 0 Å². The van der Waals surface area contributed by atoms with Crippen LogP contribution in [0.2, 0.25) is 0 Å². The van der Waals surface area contributed by atoms with Crippen LogP contribution in [-0.2, 0) is 0 Å². The van der Waals surface area contributed by atoms with Gasteiger partial charge in [-0.15, -0.1) is 0 Å². The van der Waals surface area contributed by atoms with E-state index >= 15 is 0 Å². The third kappa shape index (κ3) is 4.20. The highest BCUT2D eigenvalue weighted by molar-refractivity contribution is 5.91. The molecular formula is C11H16N4O3. The van der Waals surface area contributed by atoms with Crippen molar-refractivity contribution < 1.29 is 14.7 Å². The summed E-state index contributed by atoms with van der Waals surface area (Å²) in [6, 6.07) is 6.56. The van der Waals surface area contributed by atoms with E-state index in [-0.39, 0.29) is 18.5 Å². The first-order valence-corrected chi connectivity index (χ1v) is 5.40. The first-order valence-electron chi connectivity index (χ1n) is 5.40. The van der Waals surface area contributed by atoms with Gasteiger partial charge in [0.2, 0.25) is 0 Å². The summed E-state index contributed by atoms with van der Waals surface area (Å²) >= 11 is 0. The standard InChI is InChI=1S/C11H16N4O3/c1-2-13-11(16)14-8-5-3-4-6-9(8)18-7-10(12)15-17/h3-6,17H,2,7H2,1H3,(H2,12,15)(H2,13,14,16). The number of amidine groups is 1. The fourth-order valence-electron chi connectivity index (χ4n) is 1.20. The summed E-state index contributed by atoms with van der Waals surface area (Å²) in [5.74, 6) is 0.387. The van der Waals surface area contributed by atoms with Gasteiger partial charge >= 0.3 is 6.03 Å². The van der Waals surface area contributed by atoms with E-state index < -0.39 is 0 Å². The number of urea groups is 1. The van der Waals surface area contributed by atoms with E-state index in [2.05, 4.69) is 15.8 Å². The fraction of sp³-hybridized carbons (Fsp3) is 0.273. The van der Waals surface area contributed by atoms with Gasteiger partial charge in [-0.25, -0.2) is 4.79 Å². The molecule has 98 valence electrons. The number of hydrogen-bond acceptors (Lipinski definition) is 4. The lowest BCUT2D eigenvalue weighted by molar-refractivity contribution is 0.252. The molecule has 0 aliphatic carbocycles. The third-order valence-corrected chi connectivity index (χ3v) is 1.98. The highest BCUT2D eigenvalue weighted by Crippen LogP contribution is 2.23. The van der Waals surface area contributed by atoms with Crippen LogP contribution in [0.5, 0.6) is 5.75 Å². The van der Waals surface area contributed by atoms with Gasteiger partial charge < -0.3 is 26.3 Å². The Morgan fingerprint density at radius 1 is 1.50 bits per heavy atom. The number of benzene rings is 1. The predicted molar refractivity (Wildman–Crippen MR) is 68.0 cm³/mol. The van der Waals surface area contributed by atoms with Crippen molar-refractivity contribution in [3.05, 3.63) is 24.3 Å². The van der Waals surface area contributed by atoms with Crippen molar-refractivity contribution in [1.29, 1.82) is 0 Å². The molecule has 0 radical (unpaired) electrons. The number of para-hydroxylation sites is 2. The molecular weight excluding hydrogens is 236 g/mol. The van der Waals surface area contributed by atoms with Crippen molar-refractivity contribution in [1.82, 2.24) is 5.32 Å². The molecule has 7 heteroatoms. The average Bonchev–Trinajstić information content (AvgIpc) is 2.37. The number of amides is 2. The zero-order valence-electron chi connectivity index (χ0n) is 10.0. The summed E-state index contributed by atoms with van der Waals surface area (Å²) in [7, 11) is 0. The van der Waals surface area contributed by atoms with E-state index in [9.17, 15) is 4.79 Å². The topological polar surface area (TPSA) is 109 Å². The number of nitrogens with zero attached hydrogens (tertiary/aromatic N) is 1. The lowest BCUT2D eigenvalue weighted by atomic mass is 10.3.